The van der Waals surface area contributed by atoms with E-state index < -0.39 is 16.0 Å². The lowest BCUT2D eigenvalue weighted by molar-refractivity contribution is 0.0602. The third-order valence-electron chi connectivity index (χ3n) is 2.66. The molecule has 1 heterocycles. The van der Waals surface area contributed by atoms with Gasteiger partial charge in [-0.15, -0.1) is 11.3 Å². The fourth-order valence-electron chi connectivity index (χ4n) is 1.69. The van der Waals surface area contributed by atoms with Crippen LogP contribution in [0.5, 0.6) is 0 Å². The van der Waals surface area contributed by atoms with Crippen molar-refractivity contribution >= 4 is 33.0 Å². The molecule has 1 aromatic heterocycles. The number of sulfonamides is 1. The van der Waals surface area contributed by atoms with Crippen molar-refractivity contribution in [3.63, 3.8) is 0 Å². The molecule has 7 heteroatoms. The molecule has 0 amide bonds. The van der Waals surface area contributed by atoms with Gasteiger partial charge in [0, 0.05) is 10.3 Å². The summed E-state index contributed by atoms with van der Waals surface area (Å²) in [4.78, 5) is 12.5. The van der Waals surface area contributed by atoms with E-state index in [1.54, 1.807) is 30.5 Å². The Hall–Kier alpha value is -1.86. The van der Waals surface area contributed by atoms with E-state index in [4.69, 9.17) is 0 Å². The number of esters is 1. The Bertz CT molecular complexity index is 720. The van der Waals surface area contributed by atoms with Crippen molar-refractivity contribution in [3.05, 3.63) is 46.2 Å². The summed E-state index contributed by atoms with van der Waals surface area (Å²) < 4.78 is 31.5. The summed E-state index contributed by atoms with van der Waals surface area (Å²) >= 11 is 1.28. The highest BCUT2D eigenvalue weighted by molar-refractivity contribution is 7.92. The lowest BCUT2D eigenvalue weighted by Crippen LogP contribution is -2.15. The van der Waals surface area contributed by atoms with Gasteiger partial charge in [0.25, 0.3) is 10.0 Å². The number of ether oxygens (including phenoxy) is 1. The van der Waals surface area contributed by atoms with Crippen LogP contribution >= 0.6 is 11.3 Å². The summed E-state index contributed by atoms with van der Waals surface area (Å²) in [7, 11) is -2.46. The number of anilines is 1. The minimum atomic E-state index is -3.72. The predicted octanol–water partition coefficient (Wildman–Crippen LogP) is 2.64. The third kappa shape index (κ3) is 2.83. The summed E-state index contributed by atoms with van der Waals surface area (Å²) in [6.45, 7) is 1.73. The van der Waals surface area contributed by atoms with E-state index in [0.717, 1.165) is 0 Å². The molecule has 0 spiro atoms. The average Bonchev–Trinajstić information content (AvgIpc) is 2.79. The minimum Gasteiger partial charge on any atom is -0.465 e. The van der Waals surface area contributed by atoms with Gasteiger partial charge in [-0.2, -0.15) is 0 Å². The Balaban J connectivity index is 2.38. The van der Waals surface area contributed by atoms with E-state index in [-0.39, 0.29) is 16.1 Å². The van der Waals surface area contributed by atoms with Crippen molar-refractivity contribution in [2.24, 2.45) is 0 Å². The molecule has 2 rings (SSSR count). The number of hydrogen-bond donors (Lipinski definition) is 1. The molecule has 1 aromatic carbocycles. The maximum Gasteiger partial charge on any atom is 0.341 e. The van der Waals surface area contributed by atoms with Gasteiger partial charge >= 0.3 is 5.97 Å². The summed E-state index contributed by atoms with van der Waals surface area (Å²) in [6, 6.07) is 7.97. The van der Waals surface area contributed by atoms with Gasteiger partial charge in [-0.1, -0.05) is 18.2 Å². The van der Waals surface area contributed by atoms with Crippen molar-refractivity contribution in [1.29, 1.82) is 0 Å². The number of hydrogen-bond acceptors (Lipinski definition) is 5. The topological polar surface area (TPSA) is 72.5 Å². The summed E-state index contributed by atoms with van der Waals surface area (Å²) in [5.41, 5.74) is 0.486. The molecule has 2 aromatic rings. The standard InChI is InChI=1S/C13H13NO4S2/c1-9-12(13(15)18-2)11(8-19-9)14-20(16,17)10-6-4-3-5-7-10/h3-8,14H,1-2H3. The molecular formula is C13H13NO4S2. The Morgan fingerprint density at radius 2 is 1.90 bits per heavy atom. The first-order chi connectivity index (χ1) is 9.45. The Morgan fingerprint density at radius 1 is 1.25 bits per heavy atom. The lowest BCUT2D eigenvalue weighted by Gasteiger charge is -2.08. The number of carbonyl (C=O) groups is 1. The van der Waals surface area contributed by atoms with Gasteiger partial charge in [-0.05, 0) is 19.1 Å². The number of rotatable bonds is 4. The molecule has 0 bridgehead atoms. The molecule has 0 fully saturated rings. The predicted molar refractivity (Wildman–Crippen MR) is 77.6 cm³/mol. The second kappa shape index (κ2) is 5.64. The van der Waals surface area contributed by atoms with Crippen LogP contribution in [0, 0.1) is 6.92 Å². The van der Waals surface area contributed by atoms with E-state index in [1.165, 1.54) is 30.6 Å². The molecule has 20 heavy (non-hydrogen) atoms. The number of carbonyl (C=O) groups excluding carboxylic acids is 1. The van der Waals surface area contributed by atoms with Crippen molar-refractivity contribution in [2.75, 3.05) is 11.8 Å². The molecule has 0 aliphatic rings. The lowest BCUT2D eigenvalue weighted by atomic mass is 10.2. The highest BCUT2D eigenvalue weighted by atomic mass is 32.2. The fourth-order valence-corrected chi connectivity index (χ4v) is 3.63. The van der Waals surface area contributed by atoms with Crippen LogP contribution < -0.4 is 4.72 Å². The highest BCUT2D eigenvalue weighted by Crippen LogP contribution is 2.29. The van der Waals surface area contributed by atoms with E-state index >= 15 is 0 Å². The van der Waals surface area contributed by atoms with Gasteiger partial charge in [0.1, 0.15) is 0 Å². The molecule has 1 N–H and O–H groups in total. The first-order valence-electron chi connectivity index (χ1n) is 5.70. The Labute approximate surface area is 121 Å². The minimum absolute atomic E-state index is 0.139. The fraction of sp³-hybridized carbons (Fsp3) is 0.154. The highest BCUT2D eigenvalue weighted by Gasteiger charge is 2.22. The molecular weight excluding hydrogens is 298 g/mol. The molecule has 5 nitrogen and oxygen atoms in total. The SMILES string of the molecule is COC(=O)c1c(NS(=O)(=O)c2ccccc2)csc1C. The van der Waals surface area contributed by atoms with Crippen LogP contribution in [-0.2, 0) is 14.8 Å². The average molecular weight is 311 g/mol. The zero-order chi connectivity index (χ0) is 14.8. The summed E-state index contributed by atoms with van der Waals surface area (Å²) in [5, 5.41) is 1.59. The van der Waals surface area contributed by atoms with Crippen molar-refractivity contribution in [2.45, 2.75) is 11.8 Å². The van der Waals surface area contributed by atoms with Gasteiger partial charge < -0.3 is 4.74 Å². The van der Waals surface area contributed by atoms with E-state index in [9.17, 15) is 13.2 Å². The normalized spacial score (nSPS) is 11.1. The second-order valence-electron chi connectivity index (χ2n) is 3.99. The molecule has 0 saturated heterocycles. The number of aryl methyl sites for hydroxylation is 1. The van der Waals surface area contributed by atoms with Crippen molar-refractivity contribution in [1.82, 2.24) is 0 Å². The van der Waals surface area contributed by atoms with E-state index in [2.05, 4.69) is 9.46 Å². The van der Waals surface area contributed by atoms with Crippen LogP contribution in [0.3, 0.4) is 0 Å². The first kappa shape index (κ1) is 14.5. The van der Waals surface area contributed by atoms with Gasteiger partial charge in [0.05, 0.1) is 23.3 Å². The van der Waals surface area contributed by atoms with E-state index in [1.807, 2.05) is 0 Å². The summed E-state index contributed by atoms with van der Waals surface area (Å²) in [5.74, 6) is -0.561. The largest absolute Gasteiger partial charge is 0.465 e. The molecule has 0 unspecified atom stereocenters. The van der Waals surface area contributed by atoms with Crippen molar-refractivity contribution < 1.29 is 17.9 Å². The van der Waals surface area contributed by atoms with Gasteiger partial charge in [0.15, 0.2) is 0 Å². The maximum atomic E-state index is 12.2. The molecule has 0 atom stereocenters. The third-order valence-corrected chi connectivity index (χ3v) is 4.95. The number of thiophene rings is 1. The zero-order valence-corrected chi connectivity index (χ0v) is 12.5. The van der Waals surface area contributed by atoms with Crippen molar-refractivity contribution in [3.8, 4) is 0 Å². The van der Waals surface area contributed by atoms with Gasteiger partial charge in [0.2, 0.25) is 0 Å². The second-order valence-corrected chi connectivity index (χ2v) is 6.76. The maximum absolute atomic E-state index is 12.2. The summed E-state index contributed by atoms with van der Waals surface area (Å²) in [6.07, 6.45) is 0. The molecule has 0 radical (unpaired) electrons. The monoisotopic (exact) mass is 311 g/mol. The molecule has 0 saturated carbocycles. The van der Waals surface area contributed by atoms with Gasteiger partial charge in [-0.3, -0.25) is 4.72 Å². The zero-order valence-electron chi connectivity index (χ0n) is 10.9. The molecule has 0 aliphatic carbocycles. The van der Waals surface area contributed by atoms with Crippen LogP contribution in [0.2, 0.25) is 0 Å². The number of nitrogens with one attached hydrogen (secondary N) is 1. The number of benzene rings is 1. The van der Waals surface area contributed by atoms with Gasteiger partial charge in [-0.25, -0.2) is 13.2 Å². The van der Waals surface area contributed by atoms with Crippen LogP contribution in [0.15, 0.2) is 40.6 Å². The number of methoxy groups -OCH3 is 1. The molecule has 0 aliphatic heterocycles. The molecule has 106 valence electrons. The Kier molecular flexibility index (Phi) is 4.10. The van der Waals surface area contributed by atoms with Crippen LogP contribution in [-0.4, -0.2) is 21.5 Å². The smallest absolute Gasteiger partial charge is 0.341 e. The quantitative estimate of drug-likeness (QED) is 0.881. The first-order valence-corrected chi connectivity index (χ1v) is 8.06. The van der Waals surface area contributed by atoms with Crippen LogP contribution in [0.4, 0.5) is 5.69 Å². The Morgan fingerprint density at radius 3 is 2.50 bits per heavy atom. The van der Waals surface area contributed by atoms with Crippen LogP contribution in [0.1, 0.15) is 15.2 Å². The van der Waals surface area contributed by atoms with E-state index in [0.29, 0.717) is 4.88 Å². The van der Waals surface area contributed by atoms with Crippen LogP contribution in [0.25, 0.3) is 0 Å².